The first-order valence-corrected chi connectivity index (χ1v) is 5.00. The molecule has 6 nitrogen and oxygen atoms in total. The molecule has 0 aliphatic carbocycles. The molecule has 0 radical (unpaired) electrons. The molecule has 0 aliphatic heterocycles. The third kappa shape index (κ3) is 7.41. The summed E-state index contributed by atoms with van der Waals surface area (Å²) in [6.07, 6.45) is -0.847. The number of Topliss-reactive ketones (excluding diaryl/α,β-unsaturated/α-hetero) is 1. The van der Waals surface area contributed by atoms with E-state index in [1.165, 1.54) is 0 Å². The molecule has 0 spiro atoms. The van der Waals surface area contributed by atoms with Crippen LogP contribution in [-0.4, -0.2) is 37.6 Å². The molecule has 0 saturated carbocycles. The molecule has 7 heteroatoms. The molecule has 0 aromatic carbocycles. The van der Waals surface area contributed by atoms with Crippen molar-refractivity contribution in [2.24, 2.45) is 0 Å². The van der Waals surface area contributed by atoms with Gasteiger partial charge in [0.25, 0.3) is 10.1 Å². The van der Waals surface area contributed by atoms with Crippen LogP contribution in [-0.2, 0) is 24.4 Å². The molecule has 0 heterocycles. The van der Waals surface area contributed by atoms with E-state index < -0.39 is 34.0 Å². The van der Waals surface area contributed by atoms with Gasteiger partial charge in [-0.05, 0) is 0 Å². The van der Waals surface area contributed by atoms with Crippen molar-refractivity contribution in [2.75, 3.05) is 12.9 Å². The molecule has 0 atom stereocenters. The number of rotatable bonds is 5. The predicted octanol–water partition coefficient (Wildman–Crippen LogP) is -0.603. The summed E-state index contributed by atoms with van der Waals surface area (Å²) in [5.74, 6) is -1.96. The first-order valence-electron chi connectivity index (χ1n) is 3.39. The SMILES string of the molecule is COC(=O)CC(=O)CCS(=O)(=O)O. The summed E-state index contributed by atoms with van der Waals surface area (Å²) < 4.78 is 32.8. The molecule has 13 heavy (non-hydrogen) atoms. The number of esters is 1. The van der Waals surface area contributed by atoms with Gasteiger partial charge in [0.1, 0.15) is 12.2 Å². The lowest BCUT2D eigenvalue weighted by atomic mass is 10.2. The highest BCUT2D eigenvalue weighted by Crippen LogP contribution is 1.95. The molecule has 0 aromatic heterocycles. The van der Waals surface area contributed by atoms with Crippen molar-refractivity contribution >= 4 is 21.9 Å². The van der Waals surface area contributed by atoms with Gasteiger partial charge in [0.05, 0.1) is 12.9 Å². The van der Waals surface area contributed by atoms with Gasteiger partial charge in [0.2, 0.25) is 0 Å². The predicted molar refractivity (Wildman–Crippen MR) is 42.7 cm³/mol. The second-order valence-corrected chi connectivity index (χ2v) is 3.90. The van der Waals surface area contributed by atoms with Crippen LogP contribution >= 0.6 is 0 Å². The minimum Gasteiger partial charge on any atom is -0.469 e. The topological polar surface area (TPSA) is 97.7 Å². The van der Waals surface area contributed by atoms with E-state index in [4.69, 9.17) is 4.55 Å². The number of carbonyl (C=O) groups is 2. The fourth-order valence-corrected chi connectivity index (χ4v) is 1.05. The van der Waals surface area contributed by atoms with Crippen molar-refractivity contribution in [1.82, 2.24) is 0 Å². The van der Waals surface area contributed by atoms with E-state index in [-0.39, 0.29) is 6.42 Å². The summed E-state index contributed by atoms with van der Waals surface area (Å²) in [7, 11) is -3.01. The maximum Gasteiger partial charge on any atom is 0.313 e. The van der Waals surface area contributed by atoms with Crippen LogP contribution in [0.25, 0.3) is 0 Å². The van der Waals surface area contributed by atoms with E-state index in [2.05, 4.69) is 4.74 Å². The molecular weight excluding hydrogens is 200 g/mol. The second kappa shape index (κ2) is 4.93. The van der Waals surface area contributed by atoms with Gasteiger partial charge in [-0.3, -0.25) is 14.1 Å². The van der Waals surface area contributed by atoms with Crippen LogP contribution in [0.1, 0.15) is 12.8 Å². The number of ether oxygens (including phenoxy) is 1. The first-order chi connectivity index (χ1) is 5.85. The standard InChI is InChI=1S/C6H10O6S/c1-12-6(8)4-5(7)2-3-13(9,10)11/h2-4H2,1H3,(H,9,10,11). The third-order valence-electron chi connectivity index (χ3n) is 1.21. The summed E-state index contributed by atoms with van der Waals surface area (Å²) in [6, 6.07) is 0. The minimum absolute atomic E-state index is 0.381. The van der Waals surface area contributed by atoms with Gasteiger partial charge in [-0.25, -0.2) is 0 Å². The smallest absolute Gasteiger partial charge is 0.313 e. The average Bonchev–Trinajstić information content (AvgIpc) is 1.99. The summed E-state index contributed by atoms with van der Waals surface area (Å²) in [4.78, 5) is 21.3. The van der Waals surface area contributed by atoms with Gasteiger partial charge in [0.15, 0.2) is 0 Å². The second-order valence-electron chi connectivity index (χ2n) is 2.33. The van der Waals surface area contributed by atoms with Gasteiger partial charge in [-0.2, -0.15) is 8.42 Å². The lowest BCUT2D eigenvalue weighted by Gasteiger charge is -1.97. The molecule has 0 saturated heterocycles. The van der Waals surface area contributed by atoms with Crippen LogP contribution < -0.4 is 0 Å². The normalized spacial score (nSPS) is 10.9. The summed E-state index contributed by atoms with van der Waals surface area (Å²) in [5, 5.41) is 0. The van der Waals surface area contributed by atoms with Gasteiger partial charge in [-0.1, -0.05) is 0 Å². The fraction of sp³-hybridized carbons (Fsp3) is 0.667. The Morgan fingerprint density at radius 3 is 2.31 bits per heavy atom. The summed E-state index contributed by atoms with van der Waals surface area (Å²) >= 11 is 0. The lowest BCUT2D eigenvalue weighted by molar-refractivity contribution is -0.143. The third-order valence-corrected chi connectivity index (χ3v) is 1.93. The van der Waals surface area contributed by atoms with Gasteiger partial charge in [-0.15, -0.1) is 0 Å². The van der Waals surface area contributed by atoms with Crippen molar-refractivity contribution in [3.63, 3.8) is 0 Å². The van der Waals surface area contributed by atoms with E-state index in [9.17, 15) is 18.0 Å². The molecule has 0 bridgehead atoms. The van der Waals surface area contributed by atoms with E-state index in [1.54, 1.807) is 0 Å². The molecule has 0 aliphatic rings. The average molecular weight is 210 g/mol. The van der Waals surface area contributed by atoms with Crippen molar-refractivity contribution in [3.8, 4) is 0 Å². The van der Waals surface area contributed by atoms with Gasteiger partial charge >= 0.3 is 5.97 Å². The fourth-order valence-electron chi connectivity index (χ4n) is 0.564. The Morgan fingerprint density at radius 2 is 1.92 bits per heavy atom. The number of ketones is 1. The zero-order chi connectivity index (χ0) is 10.5. The van der Waals surface area contributed by atoms with E-state index >= 15 is 0 Å². The van der Waals surface area contributed by atoms with Crippen molar-refractivity contribution in [1.29, 1.82) is 0 Å². The first kappa shape index (κ1) is 12.0. The summed E-state index contributed by atoms with van der Waals surface area (Å²) in [5.41, 5.74) is 0. The zero-order valence-corrected chi connectivity index (χ0v) is 7.83. The Labute approximate surface area is 75.6 Å². The minimum atomic E-state index is -4.13. The van der Waals surface area contributed by atoms with Crippen LogP contribution in [0.15, 0.2) is 0 Å². The molecule has 0 aromatic rings. The van der Waals surface area contributed by atoms with Gasteiger partial charge < -0.3 is 4.74 Å². The number of methoxy groups -OCH3 is 1. The van der Waals surface area contributed by atoms with Gasteiger partial charge in [0, 0.05) is 6.42 Å². The monoisotopic (exact) mass is 210 g/mol. The molecule has 0 rings (SSSR count). The maximum atomic E-state index is 10.8. The molecule has 0 amide bonds. The molecular formula is C6H10O6S. The Kier molecular flexibility index (Phi) is 4.57. The highest BCUT2D eigenvalue weighted by molar-refractivity contribution is 7.85. The molecule has 1 N–H and O–H groups in total. The lowest BCUT2D eigenvalue weighted by Crippen LogP contribution is -2.14. The number of carbonyl (C=O) groups excluding carboxylic acids is 2. The Bertz CT molecular complexity index is 290. The molecule has 0 fully saturated rings. The number of hydrogen-bond acceptors (Lipinski definition) is 5. The van der Waals surface area contributed by atoms with E-state index in [1.807, 2.05) is 0 Å². The Morgan fingerprint density at radius 1 is 1.38 bits per heavy atom. The largest absolute Gasteiger partial charge is 0.469 e. The quantitative estimate of drug-likeness (QED) is 0.369. The molecule has 76 valence electrons. The summed E-state index contributed by atoms with van der Waals surface area (Å²) in [6.45, 7) is 0. The van der Waals surface area contributed by atoms with Crippen LogP contribution in [0, 0.1) is 0 Å². The van der Waals surface area contributed by atoms with Crippen LogP contribution in [0.4, 0.5) is 0 Å². The highest BCUT2D eigenvalue weighted by Gasteiger charge is 2.13. The van der Waals surface area contributed by atoms with Crippen molar-refractivity contribution in [2.45, 2.75) is 12.8 Å². The highest BCUT2D eigenvalue weighted by atomic mass is 32.2. The maximum absolute atomic E-state index is 10.8. The Balaban J connectivity index is 3.84. The zero-order valence-electron chi connectivity index (χ0n) is 7.02. The van der Waals surface area contributed by atoms with Crippen LogP contribution in [0.2, 0.25) is 0 Å². The Hall–Kier alpha value is -0.950. The van der Waals surface area contributed by atoms with Crippen molar-refractivity contribution in [3.05, 3.63) is 0 Å². The van der Waals surface area contributed by atoms with E-state index in [0.29, 0.717) is 0 Å². The number of hydrogen-bond donors (Lipinski definition) is 1. The van der Waals surface area contributed by atoms with E-state index in [0.717, 1.165) is 7.11 Å². The molecule has 0 unspecified atom stereocenters. The van der Waals surface area contributed by atoms with Crippen LogP contribution in [0.3, 0.4) is 0 Å². The van der Waals surface area contributed by atoms with Crippen LogP contribution in [0.5, 0.6) is 0 Å². The van der Waals surface area contributed by atoms with Crippen molar-refractivity contribution < 1.29 is 27.3 Å².